The summed E-state index contributed by atoms with van der Waals surface area (Å²) in [6.07, 6.45) is 3.45. The van der Waals surface area contributed by atoms with Gasteiger partial charge in [0.15, 0.2) is 0 Å². The molecule has 3 heterocycles. The van der Waals surface area contributed by atoms with Crippen molar-refractivity contribution >= 4 is 11.8 Å². The Hall–Kier alpha value is -2.10. The molecule has 0 amide bonds. The van der Waals surface area contributed by atoms with Gasteiger partial charge in [0, 0.05) is 31.3 Å². The van der Waals surface area contributed by atoms with Gasteiger partial charge >= 0.3 is 0 Å². The molecule has 3 aliphatic rings. The van der Waals surface area contributed by atoms with Crippen molar-refractivity contribution in [2.75, 3.05) is 23.8 Å². The fourth-order valence-corrected chi connectivity index (χ4v) is 3.91. The van der Waals surface area contributed by atoms with Crippen LogP contribution in [0.25, 0.3) is 0 Å². The summed E-state index contributed by atoms with van der Waals surface area (Å²) in [6, 6.07) is 11.5. The Morgan fingerprint density at radius 3 is 2.77 bits per heavy atom. The van der Waals surface area contributed by atoms with E-state index in [4.69, 9.17) is 4.98 Å². The van der Waals surface area contributed by atoms with Crippen LogP contribution in [0.5, 0.6) is 0 Å². The van der Waals surface area contributed by atoms with Crippen LogP contribution in [0.15, 0.2) is 30.3 Å². The van der Waals surface area contributed by atoms with Crippen molar-refractivity contribution in [2.24, 2.45) is 0 Å². The number of nitrogens with zero attached hydrogens (tertiary/aromatic N) is 3. The Morgan fingerprint density at radius 2 is 2.00 bits per heavy atom. The minimum Gasteiger partial charge on any atom is -0.357 e. The predicted octanol–water partition coefficient (Wildman–Crippen LogP) is 3.52. The van der Waals surface area contributed by atoms with Gasteiger partial charge in [0.05, 0.1) is 6.04 Å². The predicted molar refractivity (Wildman–Crippen MR) is 89.5 cm³/mol. The molecular weight excluding hydrogens is 272 g/mol. The minimum atomic E-state index is 0.463. The molecule has 0 saturated carbocycles. The number of hydrogen-bond acceptors (Lipinski definition) is 4. The summed E-state index contributed by atoms with van der Waals surface area (Å²) in [5.74, 6) is 2.43. The highest BCUT2D eigenvalue weighted by Gasteiger charge is 2.38. The van der Waals surface area contributed by atoms with E-state index in [0.717, 1.165) is 30.4 Å². The van der Waals surface area contributed by atoms with Crippen molar-refractivity contribution < 1.29 is 0 Å². The molecule has 1 saturated heterocycles. The van der Waals surface area contributed by atoms with Gasteiger partial charge in [0.25, 0.3) is 0 Å². The SMILES string of the molecule is CCc1cc(N2C[C@H]3CC[C@H]2c2ccccc23)nc(NC)n1. The standard InChI is InChI=1S/C18H22N4/c1-3-13-10-17(21-18(19-2)20-13)22-11-12-8-9-16(22)15-7-5-4-6-14(12)15/h4-7,10,12,16H,3,8-9,11H2,1-2H3,(H,19,20,21)/t12-,16+/m1/s1. The molecule has 2 bridgehead atoms. The van der Waals surface area contributed by atoms with Crippen LogP contribution >= 0.6 is 0 Å². The lowest BCUT2D eigenvalue weighted by Gasteiger charge is -2.47. The van der Waals surface area contributed by atoms with Crippen molar-refractivity contribution in [3.05, 3.63) is 47.2 Å². The maximum absolute atomic E-state index is 4.72. The molecule has 1 aromatic heterocycles. The van der Waals surface area contributed by atoms with Gasteiger partial charge in [-0.3, -0.25) is 0 Å². The minimum absolute atomic E-state index is 0.463. The second kappa shape index (κ2) is 5.27. The number of rotatable bonds is 3. The summed E-state index contributed by atoms with van der Waals surface area (Å²) in [4.78, 5) is 11.7. The van der Waals surface area contributed by atoms with Gasteiger partial charge in [0.2, 0.25) is 5.95 Å². The van der Waals surface area contributed by atoms with Crippen LogP contribution in [0.1, 0.15) is 48.5 Å². The molecule has 2 aliphatic heterocycles. The van der Waals surface area contributed by atoms with E-state index < -0.39 is 0 Å². The molecule has 0 radical (unpaired) electrons. The quantitative estimate of drug-likeness (QED) is 0.940. The fourth-order valence-electron chi connectivity index (χ4n) is 3.91. The maximum atomic E-state index is 4.72. The number of fused-ring (bicyclic) bond motifs is 2. The summed E-state index contributed by atoms with van der Waals surface area (Å²) in [5.41, 5.74) is 4.14. The topological polar surface area (TPSA) is 41.1 Å². The molecule has 0 unspecified atom stereocenters. The van der Waals surface area contributed by atoms with Crippen LogP contribution in [0, 0.1) is 0 Å². The maximum Gasteiger partial charge on any atom is 0.224 e. The molecule has 1 aliphatic carbocycles. The molecule has 22 heavy (non-hydrogen) atoms. The molecule has 0 spiro atoms. The van der Waals surface area contributed by atoms with E-state index in [-0.39, 0.29) is 0 Å². The molecule has 5 rings (SSSR count). The van der Waals surface area contributed by atoms with E-state index in [0.29, 0.717) is 12.0 Å². The smallest absolute Gasteiger partial charge is 0.224 e. The summed E-state index contributed by atoms with van der Waals surface area (Å²) < 4.78 is 0. The van der Waals surface area contributed by atoms with Crippen LogP contribution in [-0.2, 0) is 6.42 Å². The number of piperidine rings is 1. The van der Waals surface area contributed by atoms with Crippen molar-refractivity contribution in [1.29, 1.82) is 0 Å². The van der Waals surface area contributed by atoms with Crippen molar-refractivity contribution in [2.45, 2.75) is 38.1 Å². The highest BCUT2D eigenvalue weighted by Crippen LogP contribution is 2.47. The van der Waals surface area contributed by atoms with Crippen LogP contribution in [0.2, 0.25) is 0 Å². The molecule has 1 N–H and O–H groups in total. The lowest BCUT2D eigenvalue weighted by molar-refractivity contribution is 0.387. The number of aromatic nitrogens is 2. The Balaban J connectivity index is 1.76. The summed E-state index contributed by atoms with van der Waals surface area (Å²) in [5, 5.41) is 3.10. The van der Waals surface area contributed by atoms with E-state index in [1.54, 1.807) is 5.56 Å². The lowest BCUT2D eigenvalue weighted by atomic mass is 9.75. The van der Waals surface area contributed by atoms with Gasteiger partial charge in [-0.1, -0.05) is 31.2 Å². The van der Waals surface area contributed by atoms with Gasteiger partial charge in [0.1, 0.15) is 5.82 Å². The van der Waals surface area contributed by atoms with Gasteiger partial charge in [-0.25, -0.2) is 4.98 Å². The van der Waals surface area contributed by atoms with Crippen LogP contribution < -0.4 is 10.2 Å². The number of hydrogen-bond donors (Lipinski definition) is 1. The number of anilines is 2. The zero-order valence-electron chi connectivity index (χ0n) is 13.2. The lowest BCUT2D eigenvalue weighted by Crippen LogP contribution is -2.43. The second-order valence-electron chi connectivity index (χ2n) is 6.22. The average Bonchev–Trinajstić information content (AvgIpc) is 2.61. The van der Waals surface area contributed by atoms with Crippen molar-refractivity contribution in [3.8, 4) is 0 Å². The molecular formula is C18H22N4. The molecule has 2 atom stereocenters. The fraction of sp³-hybridized carbons (Fsp3) is 0.444. The first-order chi connectivity index (χ1) is 10.8. The van der Waals surface area contributed by atoms with Gasteiger partial charge in [-0.05, 0) is 30.4 Å². The summed E-state index contributed by atoms with van der Waals surface area (Å²) >= 11 is 0. The number of benzene rings is 1. The van der Waals surface area contributed by atoms with Crippen molar-refractivity contribution in [3.63, 3.8) is 0 Å². The molecule has 114 valence electrons. The summed E-state index contributed by atoms with van der Waals surface area (Å²) in [7, 11) is 1.89. The third kappa shape index (κ3) is 2.05. The molecule has 1 aromatic carbocycles. The van der Waals surface area contributed by atoms with Crippen molar-refractivity contribution in [1.82, 2.24) is 9.97 Å². The van der Waals surface area contributed by atoms with E-state index >= 15 is 0 Å². The number of nitrogens with one attached hydrogen (secondary N) is 1. The monoisotopic (exact) mass is 294 g/mol. The molecule has 1 fully saturated rings. The highest BCUT2D eigenvalue weighted by atomic mass is 15.3. The third-order valence-electron chi connectivity index (χ3n) is 5.02. The zero-order chi connectivity index (χ0) is 15.1. The largest absolute Gasteiger partial charge is 0.357 e. The first-order valence-corrected chi connectivity index (χ1v) is 8.21. The van der Waals surface area contributed by atoms with Crippen LogP contribution in [0.3, 0.4) is 0 Å². The van der Waals surface area contributed by atoms with E-state index in [1.165, 1.54) is 18.4 Å². The van der Waals surface area contributed by atoms with E-state index in [9.17, 15) is 0 Å². The first-order valence-electron chi connectivity index (χ1n) is 8.21. The zero-order valence-corrected chi connectivity index (χ0v) is 13.2. The van der Waals surface area contributed by atoms with E-state index in [2.05, 4.69) is 52.5 Å². The molecule has 2 aromatic rings. The second-order valence-corrected chi connectivity index (χ2v) is 6.22. The van der Waals surface area contributed by atoms with Crippen LogP contribution in [-0.4, -0.2) is 23.6 Å². The highest BCUT2D eigenvalue weighted by molar-refractivity contribution is 5.53. The Kier molecular flexibility index (Phi) is 3.25. The normalized spacial score (nSPS) is 22.5. The first kappa shape index (κ1) is 13.6. The summed E-state index contributed by atoms with van der Waals surface area (Å²) in [6.45, 7) is 3.22. The average molecular weight is 294 g/mol. The van der Waals surface area contributed by atoms with E-state index in [1.807, 2.05) is 7.05 Å². The Bertz CT molecular complexity index is 675. The van der Waals surface area contributed by atoms with Gasteiger partial charge in [-0.2, -0.15) is 4.98 Å². The van der Waals surface area contributed by atoms with Crippen LogP contribution in [0.4, 0.5) is 11.8 Å². The molecule has 4 nitrogen and oxygen atoms in total. The molecule has 4 heteroatoms. The number of aryl methyl sites for hydroxylation is 1. The van der Waals surface area contributed by atoms with Gasteiger partial charge < -0.3 is 10.2 Å². The Morgan fingerprint density at radius 1 is 1.18 bits per heavy atom. The third-order valence-corrected chi connectivity index (χ3v) is 5.02. The Labute approximate surface area is 131 Å². The van der Waals surface area contributed by atoms with Gasteiger partial charge in [-0.15, -0.1) is 0 Å².